The average Bonchev–Trinajstić information content (AvgIpc) is 3.15. The quantitative estimate of drug-likeness (QED) is 0.326. The Bertz CT molecular complexity index is 1220. The second-order valence-electron chi connectivity index (χ2n) is 8.28. The van der Waals surface area contributed by atoms with Crippen LogP contribution in [0.15, 0.2) is 78.9 Å². The van der Waals surface area contributed by atoms with Gasteiger partial charge in [0.15, 0.2) is 6.61 Å². The van der Waals surface area contributed by atoms with Crippen LogP contribution in [0, 0.1) is 0 Å². The van der Waals surface area contributed by atoms with Crippen LogP contribution >= 0.6 is 0 Å². The van der Waals surface area contributed by atoms with Gasteiger partial charge in [-0.2, -0.15) is 0 Å². The number of hydrogen-bond donors (Lipinski definition) is 1. The van der Waals surface area contributed by atoms with E-state index in [1.165, 1.54) is 0 Å². The lowest BCUT2D eigenvalue weighted by atomic mass is 10.1. The molecule has 3 amide bonds. The highest BCUT2D eigenvalue weighted by atomic mass is 16.5. The summed E-state index contributed by atoms with van der Waals surface area (Å²) in [7, 11) is 0. The van der Waals surface area contributed by atoms with Gasteiger partial charge in [0.05, 0.1) is 11.1 Å². The molecule has 8 heteroatoms. The smallest absolute Gasteiger partial charge is 0.329 e. The highest BCUT2D eigenvalue weighted by molar-refractivity contribution is 6.22. The Balaban J connectivity index is 1.34. The minimum absolute atomic E-state index is 0.255. The van der Waals surface area contributed by atoms with Crippen LogP contribution in [0.4, 0.5) is 5.69 Å². The molecule has 8 nitrogen and oxygen atoms in total. The molecule has 0 aromatic heterocycles. The second kappa shape index (κ2) is 11.3. The zero-order valence-corrected chi connectivity index (χ0v) is 19.8. The Morgan fingerprint density at radius 2 is 1.42 bits per heavy atom. The Hall–Kier alpha value is -4.46. The number of esters is 1. The summed E-state index contributed by atoms with van der Waals surface area (Å²) in [5.74, 6) is -1.11. The van der Waals surface area contributed by atoms with Crippen molar-refractivity contribution in [3.63, 3.8) is 0 Å². The number of anilines is 1. The predicted octanol–water partition coefficient (Wildman–Crippen LogP) is 4.82. The number of benzene rings is 3. The van der Waals surface area contributed by atoms with E-state index >= 15 is 0 Å². The summed E-state index contributed by atoms with van der Waals surface area (Å²) >= 11 is 0. The van der Waals surface area contributed by atoms with E-state index in [-0.39, 0.29) is 17.5 Å². The van der Waals surface area contributed by atoms with E-state index in [1.54, 1.807) is 48.5 Å². The molecule has 1 heterocycles. The van der Waals surface area contributed by atoms with Gasteiger partial charge in [0.2, 0.25) is 0 Å². The van der Waals surface area contributed by atoms with Crippen LogP contribution in [0.5, 0.6) is 11.5 Å². The van der Waals surface area contributed by atoms with E-state index in [4.69, 9.17) is 9.47 Å². The van der Waals surface area contributed by atoms with Gasteiger partial charge in [-0.15, -0.1) is 0 Å². The van der Waals surface area contributed by atoms with Gasteiger partial charge in [0.25, 0.3) is 17.7 Å². The lowest BCUT2D eigenvalue weighted by Crippen LogP contribution is -2.46. The third kappa shape index (κ3) is 5.60. The molecule has 1 atom stereocenters. The molecule has 1 aliphatic rings. The van der Waals surface area contributed by atoms with E-state index < -0.39 is 36.3 Å². The van der Waals surface area contributed by atoms with Crippen LogP contribution in [-0.4, -0.2) is 41.2 Å². The Labute approximate surface area is 208 Å². The first-order chi connectivity index (χ1) is 17.5. The van der Waals surface area contributed by atoms with Gasteiger partial charge < -0.3 is 14.8 Å². The van der Waals surface area contributed by atoms with Crippen LogP contribution in [0.1, 0.15) is 46.9 Å². The van der Waals surface area contributed by atoms with E-state index in [0.717, 1.165) is 11.3 Å². The minimum Gasteiger partial charge on any atom is -0.457 e. The summed E-state index contributed by atoms with van der Waals surface area (Å²) in [5.41, 5.74) is 1.02. The number of carbonyl (C=O) groups is 4. The maximum atomic E-state index is 12.9. The van der Waals surface area contributed by atoms with Crippen molar-refractivity contribution in [2.75, 3.05) is 11.9 Å². The fourth-order valence-electron chi connectivity index (χ4n) is 3.90. The maximum absolute atomic E-state index is 12.9. The molecule has 0 bridgehead atoms. The molecule has 0 saturated carbocycles. The van der Waals surface area contributed by atoms with Crippen LogP contribution in [0.25, 0.3) is 0 Å². The van der Waals surface area contributed by atoms with Crippen molar-refractivity contribution in [2.24, 2.45) is 0 Å². The summed E-state index contributed by atoms with van der Waals surface area (Å²) in [6.07, 6.45) is 1.62. The third-order valence-electron chi connectivity index (χ3n) is 5.70. The first-order valence-electron chi connectivity index (χ1n) is 11.7. The Morgan fingerprint density at radius 3 is 2.03 bits per heavy atom. The zero-order chi connectivity index (χ0) is 25.5. The van der Waals surface area contributed by atoms with Crippen molar-refractivity contribution < 1.29 is 28.7 Å². The van der Waals surface area contributed by atoms with Crippen molar-refractivity contribution in [2.45, 2.75) is 32.2 Å². The molecule has 36 heavy (non-hydrogen) atoms. The normalized spacial score (nSPS) is 13.2. The lowest BCUT2D eigenvalue weighted by molar-refractivity contribution is -0.151. The van der Waals surface area contributed by atoms with Crippen LogP contribution in [0.2, 0.25) is 0 Å². The molecule has 0 spiro atoms. The second-order valence-corrected chi connectivity index (χ2v) is 8.28. The number of rotatable bonds is 10. The van der Waals surface area contributed by atoms with Gasteiger partial charge in [-0.25, -0.2) is 4.79 Å². The van der Waals surface area contributed by atoms with Crippen molar-refractivity contribution in [3.05, 3.63) is 90.0 Å². The monoisotopic (exact) mass is 486 g/mol. The Kier molecular flexibility index (Phi) is 7.75. The molecule has 3 aromatic carbocycles. The molecular formula is C28H26N2O6. The SMILES string of the molecule is CCCC[C@H](C(=O)OCC(=O)Nc1ccc(Oc2ccccc2)cc1)N1C(=O)c2ccccc2C1=O. The molecule has 3 aromatic rings. The molecule has 4 rings (SSSR count). The number of para-hydroxylation sites is 1. The summed E-state index contributed by atoms with van der Waals surface area (Å²) in [6, 6.07) is 21.4. The molecule has 0 saturated heterocycles. The largest absolute Gasteiger partial charge is 0.457 e. The number of fused-ring (bicyclic) bond motifs is 1. The van der Waals surface area contributed by atoms with Crippen molar-refractivity contribution in [3.8, 4) is 11.5 Å². The molecule has 0 unspecified atom stereocenters. The maximum Gasteiger partial charge on any atom is 0.329 e. The highest BCUT2D eigenvalue weighted by Gasteiger charge is 2.43. The number of unbranched alkanes of at least 4 members (excludes halogenated alkanes) is 1. The van der Waals surface area contributed by atoms with Crippen LogP contribution in [-0.2, 0) is 14.3 Å². The number of nitrogens with one attached hydrogen (secondary N) is 1. The molecule has 0 aliphatic carbocycles. The van der Waals surface area contributed by atoms with Crippen molar-refractivity contribution in [1.82, 2.24) is 4.90 Å². The number of carbonyl (C=O) groups excluding carboxylic acids is 4. The van der Waals surface area contributed by atoms with Gasteiger partial charge in [0, 0.05) is 5.69 Å². The molecule has 1 aliphatic heterocycles. The summed E-state index contributed by atoms with van der Waals surface area (Å²) in [4.78, 5) is 51.9. The van der Waals surface area contributed by atoms with E-state index in [2.05, 4.69) is 5.32 Å². The van der Waals surface area contributed by atoms with Gasteiger partial charge in [-0.05, 0) is 55.0 Å². The highest BCUT2D eigenvalue weighted by Crippen LogP contribution is 2.27. The van der Waals surface area contributed by atoms with Crippen LogP contribution in [0.3, 0.4) is 0 Å². The van der Waals surface area contributed by atoms with Crippen molar-refractivity contribution >= 4 is 29.4 Å². The Morgan fingerprint density at radius 1 is 0.833 bits per heavy atom. The van der Waals surface area contributed by atoms with Gasteiger partial charge in [-0.1, -0.05) is 50.1 Å². The molecule has 0 fully saturated rings. The third-order valence-corrected chi connectivity index (χ3v) is 5.70. The number of hydrogen-bond acceptors (Lipinski definition) is 6. The summed E-state index contributed by atoms with van der Waals surface area (Å²) in [5, 5.41) is 2.65. The number of imide groups is 1. The van der Waals surface area contributed by atoms with Gasteiger partial charge in [-0.3, -0.25) is 19.3 Å². The lowest BCUT2D eigenvalue weighted by Gasteiger charge is -2.24. The van der Waals surface area contributed by atoms with E-state index in [9.17, 15) is 19.2 Å². The first kappa shape index (κ1) is 24.7. The van der Waals surface area contributed by atoms with Gasteiger partial charge in [0.1, 0.15) is 17.5 Å². The fourth-order valence-corrected chi connectivity index (χ4v) is 3.90. The molecule has 1 N–H and O–H groups in total. The topological polar surface area (TPSA) is 102 Å². The van der Waals surface area contributed by atoms with Gasteiger partial charge >= 0.3 is 5.97 Å². The summed E-state index contributed by atoms with van der Waals surface area (Å²) in [6.45, 7) is 1.39. The van der Waals surface area contributed by atoms with Crippen molar-refractivity contribution in [1.29, 1.82) is 0 Å². The first-order valence-corrected chi connectivity index (χ1v) is 11.7. The zero-order valence-electron chi connectivity index (χ0n) is 19.8. The van der Waals surface area contributed by atoms with E-state index in [0.29, 0.717) is 23.6 Å². The fraction of sp³-hybridized carbons (Fsp3) is 0.214. The van der Waals surface area contributed by atoms with E-state index in [1.807, 2.05) is 37.3 Å². The molecule has 0 radical (unpaired) electrons. The van der Waals surface area contributed by atoms with Crippen LogP contribution < -0.4 is 10.1 Å². The molecular weight excluding hydrogens is 460 g/mol. The average molecular weight is 487 g/mol. The number of ether oxygens (including phenoxy) is 2. The number of nitrogens with zero attached hydrogens (tertiary/aromatic N) is 1. The minimum atomic E-state index is -1.10. The number of amides is 3. The standard InChI is InChI=1S/C28H26N2O6/c1-2-3-13-24(30-26(32)22-11-7-8-12-23(22)27(30)33)28(34)35-18-25(31)29-19-14-16-21(17-15-19)36-20-9-5-4-6-10-20/h4-12,14-17,24H,2-3,13,18H2,1H3,(H,29,31)/t24-/m1/s1. The summed E-state index contributed by atoms with van der Waals surface area (Å²) < 4.78 is 10.9. The predicted molar refractivity (Wildman–Crippen MR) is 133 cm³/mol. The molecule has 184 valence electrons.